The Kier molecular flexibility index (Phi) is 6.29. The second-order valence-corrected chi connectivity index (χ2v) is 6.96. The molecule has 1 aromatic carbocycles. The van der Waals surface area contributed by atoms with Crippen molar-refractivity contribution in [3.63, 3.8) is 0 Å². The number of carbonyl (C=O) groups is 1. The number of hydrogen-bond donors (Lipinski definition) is 0. The van der Waals surface area contributed by atoms with Crippen molar-refractivity contribution in [2.45, 2.75) is 31.9 Å². The van der Waals surface area contributed by atoms with Crippen LogP contribution in [0.4, 0.5) is 0 Å². The second kappa shape index (κ2) is 8.65. The van der Waals surface area contributed by atoms with Crippen LogP contribution in [0.3, 0.4) is 0 Å². The van der Waals surface area contributed by atoms with E-state index in [0.29, 0.717) is 28.7 Å². The van der Waals surface area contributed by atoms with E-state index in [-0.39, 0.29) is 18.4 Å². The van der Waals surface area contributed by atoms with E-state index in [1.807, 2.05) is 17.0 Å². The van der Waals surface area contributed by atoms with Crippen LogP contribution in [-0.4, -0.2) is 35.0 Å². The lowest BCUT2D eigenvalue weighted by atomic mass is 10.1. The van der Waals surface area contributed by atoms with Crippen molar-refractivity contribution in [3.05, 3.63) is 63.9 Å². The number of halogens is 2. The fraction of sp³-hybridized carbons (Fsp3) is 0.368. The minimum Gasteiger partial charge on any atom is -0.376 e. The van der Waals surface area contributed by atoms with E-state index in [1.165, 1.54) is 0 Å². The smallest absolute Gasteiger partial charge is 0.227 e. The van der Waals surface area contributed by atoms with Crippen LogP contribution >= 0.6 is 23.2 Å². The predicted molar refractivity (Wildman–Crippen MR) is 98.8 cm³/mol. The third-order valence-electron chi connectivity index (χ3n) is 4.29. The van der Waals surface area contributed by atoms with Crippen LogP contribution in [0.25, 0.3) is 0 Å². The van der Waals surface area contributed by atoms with E-state index in [9.17, 15) is 4.79 Å². The van der Waals surface area contributed by atoms with Crippen LogP contribution in [0.2, 0.25) is 10.0 Å². The van der Waals surface area contributed by atoms with Crippen molar-refractivity contribution in [2.24, 2.45) is 0 Å². The number of rotatable bonds is 6. The summed E-state index contributed by atoms with van der Waals surface area (Å²) in [6, 6.07) is 9.11. The van der Waals surface area contributed by atoms with Crippen LogP contribution in [0.5, 0.6) is 0 Å². The standard InChI is InChI=1S/C19H20Cl2N2O2/c20-17-6-1-7-18(21)16(17)10-19(24)23(13-15-5-3-9-25-15)12-14-4-2-8-22-11-14/h1-2,4,6-8,11,15H,3,5,9-10,12-13H2. The summed E-state index contributed by atoms with van der Waals surface area (Å²) >= 11 is 12.4. The molecule has 0 saturated carbocycles. The molecule has 1 aliphatic heterocycles. The lowest BCUT2D eigenvalue weighted by Gasteiger charge is -2.26. The van der Waals surface area contributed by atoms with Crippen molar-refractivity contribution in [3.8, 4) is 0 Å². The fourth-order valence-corrected chi connectivity index (χ4v) is 3.50. The van der Waals surface area contributed by atoms with E-state index < -0.39 is 0 Å². The highest BCUT2D eigenvalue weighted by atomic mass is 35.5. The highest BCUT2D eigenvalue weighted by Crippen LogP contribution is 2.26. The molecular formula is C19H20Cl2N2O2. The number of nitrogens with zero attached hydrogens (tertiary/aromatic N) is 2. The average molecular weight is 379 g/mol. The molecule has 0 radical (unpaired) electrons. The maximum Gasteiger partial charge on any atom is 0.227 e. The zero-order valence-electron chi connectivity index (χ0n) is 13.8. The molecule has 6 heteroatoms. The van der Waals surface area contributed by atoms with Crippen LogP contribution in [0.15, 0.2) is 42.7 Å². The topological polar surface area (TPSA) is 42.4 Å². The van der Waals surface area contributed by atoms with E-state index in [2.05, 4.69) is 4.98 Å². The molecule has 0 N–H and O–H groups in total. The quantitative estimate of drug-likeness (QED) is 0.758. The van der Waals surface area contributed by atoms with E-state index >= 15 is 0 Å². The molecule has 132 valence electrons. The first kappa shape index (κ1) is 18.2. The molecule has 1 unspecified atom stereocenters. The molecule has 2 aromatic rings. The number of amides is 1. The minimum absolute atomic E-state index is 0.0191. The molecule has 1 aromatic heterocycles. The summed E-state index contributed by atoms with van der Waals surface area (Å²) in [5, 5.41) is 1.03. The van der Waals surface area contributed by atoms with Gasteiger partial charge in [-0.2, -0.15) is 0 Å². The molecular weight excluding hydrogens is 359 g/mol. The van der Waals surface area contributed by atoms with Gasteiger partial charge in [-0.1, -0.05) is 35.3 Å². The largest absolute Gasteiger partial charge is 0.376 e. The third kappa shape index (κ3) is 4.94. The van der Waals surface area contributed by atoms with Crippen molar-refractivity contribution in [1.82, 2.24) is 9.88 Å². The number of hydrogen-bond acceptors (Lipinski definition) is 3. The summed E-state index contributed by atoms with van der Waals surface area (Å²) in [6.45, 7) is 1.82. The first-order valence-corrected chi connectivity index (χ1v) is 9.10. The first-order valence-electron chi connectivity index (χ1n) is 8.34. The van der Waals surface area contributed by atoms with Crippen LogP contribution in [0, 0.1) is 0 Å². The number of aromatic nitrogens is 1. The van der Waals surface area contributed by atoms with Gasteiger partial charge < -0.3 is 9.64 Å². The molecule has 25 heavy (non-hydrogen) atoms. The molecule has 0 bridgehead atoms. The summed E-state index contributed by atoms with van der Waals surface area (Å²) in [7, 11) is 0. The molecule has 2 heterocycles. The molecule has 1 amide bonds. The highest BCUT2D eigenvalue weighted by molar-refractivity contribution is 6.36. The van der Waals surface area contributed by atoms with Gasteiger partial charge in [0.2, 0.25) is 5.91 Å². The second-order valence-electron chi connectivity index (χ2n) is 6.15. The summed E-state index contributed by atoms with van der Waals surface area (Å²) in [4.78, 5) is 18.9. The molecule has 3 rings (SSSR count). The molecule has 1 saturated heterocycles. The van der Waals surface area contributed by atoms with Gasteiger partial charge in [0, 0.05) is 42.1 Å². The van der Waals surface area contributed by atoms with Crippen molar-refractivity contribution in [1.29, 1.82) is 0 Å². The molecule has 4 nitrogen and oxygen atoms in total. The van der Waals surface area contributed by atoms with Crippen LogP contribution in [-0.2, 0) is 22.5 Å². The first-order chi connectivity index (χ1) is 12.1. The summed E-state index contributed by atoms with van der Waals surface area (Å²) in [5.41, 5.74) is 1.65. The number of carbonyl (C=O) groups excluding carboxylic acids is 1. The van der Waals surface area contributed by atoms with Gasteiger partial charge in [0.25, 0.3) is 0 Å². The van der Waals surface area contributed by atoms with E-state index in [1.54, 1.807) is 30.6 Å². The molecule has 1 fully saturated rings. The summed E-state index contributed by atoms with van der Waals surface area (Å²) in [5.74, 6) is -0.0191. The Labute approximate surface area is 157 Å². The maximum atomic E-state index is 12.9. The van der Waals surface area contributed by atoms with Crippen molar-refractivity contribution < 1.29 is 9.53 Å². The zero-order valence-corrected chi connectivity index (χ0v) is 15.3. The molecule has 1 atom stereocenters. The Morgan fingerprint density at radius 2 is 2.04 bits per heavy atom. The van der Waals surface area contributed by atoms with Gasteiger partial charge in [-0.25, -0.2) is 0 Å². The van der Waals surface area contributed by atoms with Gasteiger partial charge in [0.05, 0.1) is 12.5 Å². The Morgan fingerprint density at radius 3 is 2.68 bits per heavy atom. The summed E-state index contributed by atoms with van der Waals surface area (Å²) < 4.78 is 5.71. The lowest BCUT2D eigenvalue weighted by molar-refractivity contribution is -0.132. The lowest BCUT2D eigenvalue weighted by Crippen LogP contribution is -2.38. The Balaban J connectivity index is 1.76. The average Bonchev–Trinajstić information content (AvgIpc) is 3.11. The Bertz CT molecular complexity index is 698. The number of pyridine rings is 1. The monoisotopic (exact) mass is 378 g/mol. The van der Waals surface area contributed by atoms with Gasteiger partial charge in [0.15, 0.2) is 0 Å². The fourth-order valence-electron chi connectivity index (χ4n) is 2.96. The van der Waals surface area contributed by atoms with Crippen molar-refractivity contribution in [2.75, 3.05) is 13.2 Å². The predicted octanol–water partition coefficient (Wildman–Crippen LogP) is 4.14. The number of ether oxygens (including phenoxy) is 1. The Hall–Kier alpha value is -1.62. The zero-order chi connectivity index (χ0) is 17.6. The van der Waals surface area contributed by atoms with Crippen LogP contribution < -0.4 is 0 Å². The normalized spacial score (nSPS) is 16.8. The third-order valence-corrected chi connectivity index (χ3v) is 4.99. The SMILES string of the molecule is O=C(Cc1c(Cl)cccc1Cl)N(Cc1cccnc1)CC1CCCO1. The van der Waals surface area contributed by atoms with Gasteiger partial charge in [0.1, 0.15) is 0 Å². The van der Waals surface area contributed by atoms with Crippen LogP contribution in [0.1, 0.15) is 24.0 Å². The van der Waals surface area contributed by atoms with Crippen molar-refractivity contribution >= 4 is 29.1 Å². The number of benzene rings is 1. The molecule has 0 spiro atoms. The highest BCUT2D eigenvalue weighted by Gasteiger charge is 2.24. The maximum absolute atomic E-state index is 12.9. The molecule has 1 aliphatic rings. The van der Waals surface area contributed by atoms with E-state index in [4.69, 9.17) is 27.9 Å². The van der Waals surface area contributed by atoms with Gasteiger partial charge in [-0.3, -0.25) is 9.78 Å². The van der Waals surface area contributed by atoms with Gasteiger partial charge >= 0.3 is 0 Å². The van der Waals surface area contributed by atoms with E-state index in [0.717, 1.165) is 25.0 Å². The summed E-state index contributed by atoms with van der Waals surface area (Å²) in [6.07, 6.45) is 5.77. The minimum atomic E-state index is -0.0191. The molecule has 0 aliphatic carbocycles. The Morgan fingerprint density at radius 1 is 1.24 bits per heavy atom. The van der Waals surface area contributed by atoms with Gasteiger partial charge in [-0.15, -0.1) is 0 Å². The van der Waals surface area contributed by atoms with Gasteiger partial charge in [-0.05, 0) is 42.2 Å².